The van der Waals surface area contributed by atoms with Crippen molar-refractivity contribution in [3.8, 4) is 22.8 Å². The van der Waals surface area contributed by atoms with Crippen molar-refractivity contribution in [1.29, 1.82) is 0 Å². The third kappa shape index (κ3) is 6.25. The summed E-state index contributed by atoms with van der Waals surface area (Å²) in [7, 11) is 3.23. The summed E-state index contributed by atoms with van der Waals surface area (Å²) in [4.78, 5) is 32.1. The van der Waals surface area contributed by atoms with E-state index < -0.39 is 0 Å². The molecule has 204 valence electrons. The third-order valence-corrected chi connectivity index (χ3v) is 7.40. The summed E-state index contributed by atoms with van der Waals surface area (Å²) in [5, 5.41) is 9.50. The van der Waals surface area contributed by atoms with Gasteiger partial charge in [-0.25, -0.2) is 0 Å². The van der Waals surface area contributed by atoms with E-state index in [9.17, 15) is 9.59 Å². The molecule has 9 nitrogen and oxygen atoms in total. The normalized spacial score (nSPS) is 15.5. The first kappa shape index (κ1) is 26.7. The number of halogens is 1. The van der Waals surface area contributed by atoms with Crippen LogP contribution in [0.3, 0.4) is 0 Å². The van der Waals surface area contributed by atoms with Gasteiger partial charge in [-0.1, -0.05) is 11.6 Å². The quantitative estimate of drug-likeness (QED) is 0.417. The molecule has 3 aromatic rings. The van der Waals surface area contributed by atoms with E-state index >= 15 is 0 Å². The van der Waals surface area contributed by atoms with Gasteiger partial charge in [-0.05, 0) is 67.8 Å². The van der Waals surface area contributed by atoms with Crippen LogP contribution >= 0.6 is 11.6 Å². The molecule has 39 heavy (non-hydrogen) atoms. The molecule has 10 heteroatoms. The maximum absolute atomic E-state index is 13.3. The van der Waals surface area contributed by atoms with Crippen LogP contribution in [0, 0.1) is 0 Å². The number of aromatic nitrogens is 2. The van der Waals surface area contributed by atoms with Gasteiger partial charge < -0.3 is 24.2 Å². The molecule has 0 bridgehead atoms. The maximum atomic E-state index is 13.3. The Morgan fingerprint density at radius 2 is 1.74 bits per heavy atom. The minimum atomic E-state index is -0.122. The summed E-state index contributed by atoms with van der Waals surface area (Å²) in [6.07, 6.45) is 2.66. The summed E-state index contributed by atoms with van der Waals surface area (Å²) in [6.45, 7) is 2.68. The second-order valence-corrected chi connectivity index (χ2v) is 10.2. The summed E-state index contributed by atoms with van der Waals surface area (Å²) in [5.41, 5.74) is 2.09. The van der Waals surface area contributed by atoms with Gasteiger partial charge in [0.25, 0.3) is 5.91 Å². The summed E-state index contributed by atoms with van der Waals surface area (Å²) in [6, 6.07) is 16.4. The summed E-state index contributed by atoms with van der Waals surface area (Å²) < 4.78 is 10.8. The highest BCUT2D eigenvalue weighted by atomic mass is 35.5. The monoisotopic (exact) mass is 549 g/mol. The molecule has 2 aliphatic rings. The number of nitrogens with zero attached hydrogens (tertiary/aromatic N) is 5. The van der Waals surface area contributed by atoms with Crippen LogP contribution in [0.5, 0.6) is 11.5 Å². The van der Waals surface area contributed by atoms with E-state index in [2.05, 4.69) is 15.1 Å². The highest BCUT2D eigenvalue weighted by Crippen LogP contribution is 2.32. The first-order valence-electron chi connectivity index (χ1n) is 13.1. The molecule has 2 aromatic carbocycles. The van der Waals surface area contributed by atoms with Gasteiger partial charge in [0.05, 0.1) is 19.9 Å². The van der Waals surface area contributed by atoms with Crippen molar-refractivity contribution in [2.45, 2.75) is 25.3 Å². The Labute approximate surface area is 233 Å². The van der Waals surface area contributed by atoms with Gasteiger partial charge in [0, 0.05) is 54.4 Å². The van der Waals surface area contributed by atoms with Crippen molar-refractivity contribution in [3.05, 3.63) is 65.2 Å². The largest absolute Gasteiger partial charge is 0.497 e. The van der Waals surface area contributed by atoms with Crippen LogP contribution in [0.25, 0.3) is 11.3 Å². The molecular formula is C29H32ClN5O4. The Morgan fingerprint density at radius 1 is 0.949 bits per heavy atom. The Bertz CT molecular complexity index is 1310. The third-order valence-electron chi connectivity index (χ3n) is 7.15. The molecule has 0 atom stereocenters. The Hall–Kier alpha value is -3.85. The van der Waals surface area contributed by atoms with Crippen LogP contribution in [0.4, 0.5) is 5.82 Å². The zero-order chi connectivity index (χ0) is 27.4. The van der Waals surface area contributed by atoms with E-state index in [4.69, 9.17) is 21.1 Å². The first-order valence-corrected chi connectivity index (χ1v) is 13.5. The number of anilines is 1. The molecule has 0 N–H and O–H groups in total. The van der Waals surface area contributed by atoms with E-state index in [1.54, 1.807) is 43.4 Å². The lowest BCUT2D eigenvalue weighted by molar-refractivity contribution is -0.131. The summed E-state index contributed by atoms with van der Waals surface area (Å²) >= 11 is 5.98. The van der Waals surface area contributed by atoms with Crippen molar-refractivity contribution < 1.29 is 19.1 Å². The van der Waals surface area contributed by atoms with Crippen molar-refractivity contribution in [3.63, 3.8) is 0 Å². The molecule has 0 spiro atoms. The van der Waals surface area contributed by atoms with Crippen LogP contribution in [-0.4, -0.2) is 84.8 Å². The number of hydrogen-bond donors (Lipinski definition) is 0. The molecule has 1 saturated carbocycles. The average Bonchev–Trinajstić information content (AvgIpc) is 3.83. The Kier molecular flexibility index (Phi) is 8.16. The Balaban J connectivity index is 1.21. The number of benzene rings is 2. The van der Waals surface area contributed by atoms with Crippen LogP contribution in [0.1, 0.15) is 29.6 Å². The number of hydrogen-bond acceptors (Lipinski definition) is 7. The topological polar surface area (TPSA) is 88.1 Å². The molecule has 0 unspecified atom stereocenters. The summed E-state index contributed by atoms with van der Waals surface area (Å²) in [5.74, 6) is 1.98. The average molecular weight is 550 g/mol. The molecule has 2 amide bonds. The maximum Gasteiger partial charge on any atom is 0.254 e. The van der Waals surface area contributed by atoms with Crippen LogP contribution < -0.4 is 14.4 Å². The van der Waals surface area contributed by atoms with E-state index in [0.29, 0.717) is 47.4 Å². The zero-order valence-electron chi connectivity index (χ0n) is 22.2. The number of carbonyl (C=O) groups is 2. The van der Waals surface area contributed by atoms with Gasteiger partial charge in [0.1, 0.15) is 18.0 Å². The fourth-order valence-electron chi connectivity index (χ4n) is 4.80. The number of amides is 2. The SMILES string of the molecule is COc1ccc(-c2ccc(N3CCCN(C(=O)CN(C(=O)c4ccc(Cl)cc4)C4CC4)CC3)nn2)c(OC)c1. The first-order chi connectivity index (χ1) is 19.0. The van der Waals surface area contributed by atoms with Crippen molar-refractivity contribution in [1.82, 2.24) is 20.0 Å². The zero-order valence-corrected chi connectivity index (χ0v) is 22.9. The number of ether oxygens (including phenoxy) is 2. The number of rotatable bonds is 8. The standard InChI is InChI=1S/C29H32ClN5O4/c1-38-23-10-11-24(26(18-23)39-2)25-12-13-27(32-31-25)33-14-3-15-34(17-16-33)28(36)19-35(22-8-9-22)29(37)20-4-6-21(30)7-5-20/h4-7,10-13,18,22H,3,8-9,14-17,19H2,1-2H3. The predicted molar refractivity (Wildman–Crippen MR) is 149 cm³/mol. The molecule has 1 aliphatic heterocycles. The fraction of sp³-hybridized carbons (Fsp3) is 0.379. The van der Waals surface area contributed by atoms with Crippen molar-refractivity contribution in [2.75, 3.05) is 51.8 Å². The van der Waals surface area contributed by atoms with E-state index in [0.717, 1.165) is 37.2 Å². The smallest absolute Gasteiger partial charge is 0.254 e. The molecular weight excluding hydrogens is 518 g/mol. The van der Waals surface area contributed by atoms with E-state index in [1.807, 2.05) is 35.2 Å². The Morgan fingerprint density at radius 3 is 2.41 bits per heavy atom. The van der Waals surface area contributed by atoms with Crippen LogP contribution in [0.15, 0.2) is 54.6 Å². The van der Waals surface area contributed by atoms with Gasteiger partial charge in [-0.2, -0.15) is 0 Å². The second kappa shape index (κ2) is 11.9. The van der Waals surface area contributed by atoms with Crippen LogP contribution in [0.2, 0.25) is 5.02 Å². The number of carbonyl (C=O) groups excluding carboxylic acids is 2. The lowest BCUT2D eigenvalue weighted by Crippen LogP contribution is -2.45. The molecule has 1 aromatic heterocycles. The van der Waals surface area contributed by atoms with Crippen LogP contribution in [-0.2, 0) is 4.79 Å². The molecule has 1 aliphatic carbocycles. The molecule has 2 heterocycles. The number of methoxy groups -OCH3 is 2. The molecule has 5 rings (SSSR count). The minimum Gasteiger partial charge on any atom is -0.497 e. The fourth-order valence-corrected chi connectivity index (χ4v) is 4.93. The van der Waals surface area contributed by atoms with Gasteiger partial charge >= 0.3 is 0 Å². The van der Waals surface area contributed by atoms with Gasteiger partial charge in [-0.15, -0.1) is 10.2 Å². The van der Waals surface area contributed by atoms with Gasteiger partial charge in [0.15, 0.2) is 5.82 Å². The molecule has 1 saturated heterocycles. The second-order valence-electron chi connectivity index (χ2n) is 9.74. The highest BCUT2D eigenvalue weighted by Gasteiger charge is 2.35. The van der Waals surface area contributed by atoms with E-state index in [-0.39, 0.29) is 24.4 Å². The highest BCUT2D eigenvalue weighted by molar-refractivity contribution is 6.30. The lowest BCUT2D eigenvalue weighted by atomic mass is 10.1. The lowest BCUT2D eigenvalue weighted by Gasteiger charge is -2.27. The predicted octanol–water partition coefficient (Wildman–Crippen LogP) is 4.16. The minimum absolute atomic E-state index is 0.0286. The van der Waals surface area contributed by atoms with E-state index in [1.165, 1.54) is 0 Å². The van der Waals surface area contributed by atoms with Crippen molar-refractivity contribution in [2.24, 2.45) is 0 Å². The van der Waals surface area contributed by atoms with Gasteiger partial charge in [0.2, 0.25) is 5.91 Å². The molecule has 0 radical (unpaired) electrons. The molecule has 2 fully saturated rings. The van der Waals surface area contributed by atoms with Crippen molar-refractivity contribution >= 4 is 29.2 Å². The van der Waals surface area contributed by atoms with Gasteiger partial charge in [-0.3, -0.25) is 9.59 Å².